The molecule has 1 aliphatic carbocycles. The van der Waals surface area contributed by atoms with Crippen LogP contribution >= 0.6 is 0 Å². The third-order valence-electron chi connectivity index (χ3n) is 7.88. The average molecular weight is 492 g/mol. The lowest BCUT2D eigenvalue weighted by Gasteiger charge is -2.46. The molecule has 1 saturated carbocycles. The SMILES string of the molecule is O=C(Cc1ccc(N2C(=O)C3CCCCC3N(Cc3ccc(F)cc3)C2=O)cc1)N1CCCCCC1. The molecule has 2 unspecified atom stereocenters. The van der Waals surface area contributed by atoms with Crippen molar-refractivity contribution in [2.24, 2.45) is 5.92 Å². The number of hydrogen-bond donors (Lipinski definition) is 0. The molecular formula is C29H34FN3O3. The zero-order chi connectivity index (χ0) is 25.1. The maximum absolute atomic E-state index is 13.7. The van der Waals surface area contributed by atoms with Crippen LogP contribution in [0.1, 0.15) is 62.5 Å². The van der Waals surface area contributed by atoms with Crippen LogP contribution in [0.5, 0.6) is 0 Å². The van der Waals surface area contributed by atoms with E-state index in [0.29, 0.717) is 18.7 Å². The summed E-state index contributed by atoms with van der Waals surface area (Å²) in [4.78, 5) is 45.0. The van der Waals surface area contributed by atoms with Gasteiger partial charge >= 0.3 is 6.03 Å². The fraction of sp³-hybridized carbons (Fsp3) is 0.483. The minimum atomic E-state index is -0.333. The van der Waals surface area contributed by atoms with E-state index in [0.717, 1.165) is 62.7 Å². The number of fused-ring (bicyclic) bond motifs is 1. The second-order valence-electron chi connectivity index (χ2n) is 10.3. The van der Waals surface area contributed by atoms with Crippen LogP contribution in [0.2, 0.25) is 0 Å². The summed E-state index contributed by atoms with van der Waals surface area (Å²) < 4.78 is 13.4. The summed E-state index contributed by atoms with van der Waals surface area (Å²) in [7, 11) is 0. The average Bonchev–Trinajstić information content (AvgIpc) is 3.19. The maximum Gasteiger partial charge on any atom is 0.331 e. The van der Waals surface area contributed by atoms with Crippen LogP contribution < -0.4 is 4.90 Å². The van der Waals surface area contributed by atoms with Crippen molar-refractivity contribution >= 4 is 23.5 Å². The zero-order valence-corrected chi connectivity index (χ0v) is 20.7. The molecule has 2 heterocycles. The van der Waals surface area contributed by atoms with E-state index >= 15 is 0 Å². The number of nitrogens with zero attached hydrogens (tertiary/aromatic N) is 3. The number of carbonyl (C=O) groups is 3. The Morgan fingerprint density at radius 3 is 2.14 bits per heavy atom. The van der Waals surface area contributed by atoms with Crippen molar-refractivity contribution in [3.8, 4) is 0 Å². The molecule has 0 N–H and O–H groups in total. The molecule has 4 amide bonds. The molecule has 0 bridgehead atoms. The fourth-order valence-corrected chi connectivity index (χ4v) is 5.88. The summed E-state index contributed by atoms with van der Waals surface area (Å²) in [5, 5.41) is 0. The molecule has 6 nitrogen and oxygen atoms in total. The van der Waals surface area contributed by atoms with E-state index in [1.54, 1.807) is 29.2 Å². The second kappa shape index (κ2) is 10.8. The van der Waals surface area contributed by atoms with Gasteiger partial charge in [0, 0.05) is 25.7 Å². The minimum absolute atomic E-state index is 0.130. The lowest BCUT2D eigenvalue weighted by atomic mass is 9.81. The van der Waals surface area contributed by atoms with Gasteiger partial charge in [0.05, 0.1) is 18.0 Å². The number of likely N-dealkylation sites (tertiary alicyclic amines) is 1. The van der Waals surface area contributed by atoms with Gasteiger partial charge < -0.3 is 9.80 Å². The second-order valence-corrected chi connectivity index (χ2v) is 10.3. The Kier molecular flexibility index (Phi) is 7.35. The first-order valence-corrected chi connectivity index (χ1v) is 13.3. The first kappa shape index (κ1) is 24.5. The zero-order valence-electron chi connectivity index (χ0n) is 20.7. The Balaban J connectivity index is 1.34. The first-order chi connectivity index (χ1) is 17.5. The van der Waals surface area contributed by atoms with Crippen molar-refractivity contribution in [3.05, 3.63) is 65.5 Å². The predicted molar refractivity (Wildman–Crippen MR) is 136 cm³/mol. The number of rotatable bonds is 5. The highest BCUT2D eigenvalue weighted by Gasteiger charge is 2.47. The van der Waals surface area contributed by atoms with E-state index in [2.05, 4.69) is 0 Å². The molecule has 7 heteroatoms. The lowest BCUT2D eigenvalue weighted by molar-refractivity contribution is -0.130. The maximum atomic E-state index is 13.7. The van der Waals surface area contributed by atoms with Crippen LogP contribution in [0.3, 0.4) is 0 Å². The van der Waals surface area contributed by atoms with E-state index in [1.807, 2.05) is 17.0 Å². The smallest absolute Gasteiger partial charge is 0.331 e. The number of imide groups is 1. The van der Waals surface area contributed by atoms with Crippen molar-refractivity contribution < 1.29 is 18.8 Å². The third kappa shape index (κ3) is 5.15. The predicted octanol–water partition coefficient (Wildman–Crippen LogP) is 5.30. The summed E-state index contributed by atoms with van der Waals surface area (Å²) in [5.74, 6) is -0.564. The summed E-state index contributed by atoms with van der Waals surface area (Å²) >= 11 is 0. The van der Waals surface area contributed by atoms with Gasteiger partial charge in [-0.3, -0.25) is 9.59 Å². The summed E-state index contributed by atoms with van der Waals surface area (Å²) in [5.41, 5.74) is 2.25. The molecule has 2 atom stereocenters. The molecule has 0 aromatic heterocycles. The van der Waals surface area contributed by atoms with E-state index in [9.17, 15) is 18.8 Å². The monoisotopic (exact) mass is 491 g/mol. The van der Waals surface area contributed by atoms with Crippen molar-refractivity contribution in [2.45, 2.75) is 70.4 Å². The van der Waals surface area contributed by atoms with Gasteiger partial charge in [0.2, 0.25) is 11.8 Å². The first-order valence-electron chi connectivity index (χ1n) is 13.3. The Labute approximate surface area is 212 Å². The molecule has 5 rings (SSSR count). The van der Waals surface area contributed by atoms with Crippen LogP contribution in [-0.2, 0) is 22.6 Å². The van der Waals surface area contributed by atoms with E-state index in [1.165, 1.54) is 29.9 Å². The number of amides is 4. The lowest BCUT2D eigenvalue weighted by Crippen LogP contribution is -2.62. The van der Waals surface area contributed by atoms with Gasteiger partial charge in [0.1, 0.15) is 5.82 Å². The van der Waals surface area contributed by atoms with Crippen molar-refractivity contribution in [1.29, 1.82) is 0 Å². The molecule has 0 radical (unpaired) electrons. The van der Waals surface area contributed by atoms with Crippen molar-refractivity contribution in [2.75, 3.05) is 18.0 Å². The highest BCUT2D eigenvalue weighted by Crippen LogP contribution is 2.37. The summed E-state index contributed by atoms with van der Waals surface area (Å²) in [6.07, 6.45) is 8.31. The van der Waals surface area contributed by atoms with Gasteiger partial charge in [-0.1, -0.05) is 49.9 Å². The molecule has 190 valence electrons. The molecule has 36 heavy (non-hydrogen) atoms. The number of hydrogen-bond acceptors (Lipinski definition) is 3. The molecular weight excluding hydrogens is 457 g/mol. The molecule has 3 fully saturated rings. The summed E-state index contributed by atoms with van der Waals surface area (Å²) in [6, 6.07) is 13.0. The van der Waals surface area contributed by atoms with Crippen LogP contribution in [0.4, 0.5) is 14.9 Å². The molecule has 2 saturated heterocycles. The molecule has 2 aromatic rings. The Morgan fingerprint density at radius 2 is 1.44 bits per heavy atom. The van der Waals surface area contributed by atoms with Crippen LogP contribution in [-0.4, -0.2) is 46.8 Å². The van der Waals surface area contributed by atoms with Crippen LogP contribution in [0.15, 0.2) is 48.5 Å². The Hall–Kier alpha value is -3.22. The Morgan fingerprint density at radius 1 is 0.806 bits per heavy atom. The van der Waals surface area contributed by atoms with Crippen LogP contribution in [0.25, 0.3) is 0 Å². The molecule has 2 aliphatic heterocycles. The molecule has 0 spiro atoms. The number of benzene rings is 2. The summed E-state index contributed by atoms with van der Waals surface area (Å²) in [6.45, 7) is 1.98. The van der Waals surface area contributed by atoms with Crippen molar-refractivity contribution in [3.63, 3.8) is 0 Å². The van der Waals surface area contributed by atoms with Gasteiger partial charge in [-0.2, -0.15) is 0 Å². The van der Waals surface area contributed by atoms with E-state index in [4.69, 9.17) is 0 Å². The van der Waals surface area contributed by atoms with Gasteiger partial charge in [-0.25, -0.2) is 14.1 Å². The number of halogens is 1. The topological polar surface area (TPSA) is 60.9 Å². The Bertz CT molecular complexity index is 1090. The molecule has 3 aliphatic rings. The van der Waals surface area contributed by atoms with Gasteiger partial charge in [0.15, 0.2) is 0 Å². The van der Waals surface area contributed by atoms with Gasteiger partial charge in [-0.05, 0) is 61.1 Å². The van der Waals surface area contributed by atoms with E-state index in [-0.39, 0.29) is 35.6 Å². The minimum Gasteiger partial charge on any atom is -0.342 e. The van der Waals surface area contributed by atoms with E-state index < -0.39 is 0 Å². The van der Waals surface area contributed by atoms with Crippen LogP contribution in [0, 0.1) is 11.7 Å². The van der Waals surface area contributed by atoms with Gasteiger partial charge in [-0.15, -0.1) is 0 Å². The number of urea groups is 1. The normalized spacial score (nSPS) is 22.9. The number of anilines is 1. The highest BCUT2D eigenvalue weighted by molar-refractivity contribution is 6.17. The largest absolute Gasteiger partial charge is 0.342 e. The van der Waals surface area contributed by atoms with Crippen molar-refractivity contribution in [1.82, 2.24) is 9.80 Å². The fourth-order valence-electron chi connectivity index (χ4n) is 5.88. The number of carbonyl (C=O) groups excluding carboxylic acids is 3. The molecule has 2 aromatic carbocycles. The highest BCUT2D eigenvalue weighted by atomic mass is 19.1. The van der Waals surface area contributed by atoms with Gasteiger partial charge in [0.25, 0.3) is 0 Å². The quantitative estimate of drug-likeness (QED) is 0.570. The standard InChI is InChI=1S/C29H34FN3O3/c30-23-13-9-22(10-14-23)20-32-26-8-4-3-7-25(26)28(35)33(29(32)36)24-15-11-21(12-16-24)19-27(34)31-17-5-1-2-6-18-31/h9-16,25-26H,1-8,17-20H2. The third-order valence-corrected chi connectivity index (χ3v) is 7.88.